The molecule has 0 aliphatic heterocycles. The molecular formula is C11H12N4. The molecule has 0 saturated carbocycles. The molecule has 1 heterocycles. The molecule has 0 aliphatic rings. The van der Waals surface area contributed by atoms with Crippen molar-refractivity contribution in [1.82, 2.24) is 14.9 Å². The third kappa shape index (κ3) is 1.91. The second-order valence-corrected chi connectivity index (χ2v) is 3.63. The van der Waals surface area contributed by atoms with Crippen LogP contribution in [-0.4, -0.2) is 21.9 Å². The van der Waals surface area contributed by atoms with Gasteiger partial charge in [0, 0.05) is 7.05 Å². The summed E-state index contributed by atoms with van der Waals surface area (Å²) in [5.74, 6) is 0.913. The molecule has 76 valence electrons. The minimum absolute atomic E-state index is 0.629. The maximum Gasteiger partial charge on any atom is 0.179 e. The highest BCUT2D eigenvalue weighted by Crippen LogP contribution is 2.14. The van der Waals surface area contributed by atoms with Crippen molar-refractivity contribution >= 4 is 11.0 Å². The van der Waals surface area contributed by atoms with Crippen molar-refractivity contribution in [2.75, 3.05) is 7.05 Å². The average molecular weight is 200 g/mol. The van der Waals surface area contributed by atoms with E-state index in [2.05, 4.69) is 16.2 Å². The van der Waals surface area contributed by atoms with Crippen molar-refractivity contribution in [3.05, 3.63) is 29.6 Å². The van der Waals surface area contributed by atoms with E-state index in [1.165, 1.54) is 0 Å². The van der Waals surface area contributed by atoms with Gasteiger partial charge in [0.25, 0.3) is 0 Å². The quantitative estimate of drug-likeness (QED) is 0.594. The highest BCUT2D eigenvalue weighted by atomic mass is 15.1. The van der Waals surface area contributed by atoms with E-state index in [9.17, 15) is 0 Å². The summed E-state index contributed by atoms with van der Waals surface area (Å²) in [6, 6.07) is 6.00. The predicted molar refractivity (Wildman–Crippen MR) is 57.9 cm³/mol. The number of aryl methyl sites for hydroxylation is 1. The predicted octanol–water partition coefficient (Wildman–Crippen LogP) is 1.78. The lowest BCUT2D eigenvalue weighted by atomic mass is 10.2. The van der Waals surface area contributed by atoms with Gasteiger partial charge in [-0.15, -0.1) is 0 Å². The van der Waals surface area contributed by atoms with Crippen LogP contribution in [0.2, 0.25) is 0 Å². The molecule has 1 aromatic carbocycles. The summed E-state index contributed by atoms with van der Waals surface area (Å²) in [6.07, 6.45) is 2.07. The number of hydrogen-bond acceptors (Lipinski definition) is 3. The molecule has 1 N–H and O–H groups in total. The first-order chi connectivity index (χ1) is 7.19. The van der Waals surface area contributed by atoms with Crippen LogP contribution in [-0.2, 0) is 6.54 Å². The number of H-pyrrole nitrogens is 1. The van der Waals surface area contributed by atoms with Gasteiger partial charge in [-0.3, -0.25) is 0 Å². The van der Waals surface area contributed by atoms with Crippen LogP contribution in [0, 0.1) is 18.4 Å². The zero-order valence-electron chi connectivity index (χ0n) is 8.78. The summed E-state index contributed by atoms with van der Waals surface area (Å²) in [6.45, 7) is 2.56. The number of rotatable bonds is 2. The van der Waals surface area contributed by atoms with Gasteiger partial charge in [-0.05, 0) is 24.6 Å². The van der Waals surface area contributed by atoms with Gasteiger partial charge in [-0.25, -0.2) is 4.98 Å². The van der Waals surface area contributed by atoms with Gasteiger partial charge in [-0.1, -0.05) is 6.07 Å². The monoisotopic (exact) mass is 200 g/mol. The van der Waals surface area contributed by atoms with Crippen LogP contribution in [0.4, 0.5) is 0 Å². The summed E-state index contributed by atoms with van der Waals surface area (Å²) in [5, 5.41) is 8.67. The highest BCUT2D eigenvalue weighted by molar-refractivity contribution is 5.75. The summed E-state index contributed by atoms with van der Waals surface area (Å²) >= 11 is 0. The van der Waals surface area contributed by atoms with Gasteiger partial charge in [0.15, 0.2) is 6.19 Å². The van der Waals surface area contributed by atoms with Gasteiger partial charge < -0.3 is 9.88 Å². The normalized spacial score (nSPS) is 10.2. The molecule has 0 atom stereocenters. The summed E-state index contributed by atoms with van der Waals surface area (Å²) in [4.78, 5) is 9.08. The van der Waals surface area contributed by atoms with E-state index < -0.39 is 0 Å². The number of nitrogens with zero attached hydrogens (tertiary/aromatic N) is 3. The van der Waals surface area contributed by atoms with E-state index >= 15 is 0 Å². The standard InChI is InChI=1S/C11H12N4/c1-8-13-10-4-3-9(5-11(10)14-8)6-15(2)7-12/h3-5H,6H2,1-2H3,(H,13,14). The van der Waals surface area contributed by atoms with Crippen LogP contribution >= 0.6 is 0 Å². The Kier molecular flexibility index (Phi) is 2.30. The lowest BCUT2D eigenvalue weighted by molar-refractivity contribution is 0.470. The van der Waals surface area contributed by atoms with Crippen molar-refractivity contribution in [3.8, 4) is 6.19 Å². The van der Waals surface area contributed by atoms with Crippen molar-refractivity contribution in [1.29, 1.82) is 5.26 Å². The lowest BCUT2D eigenvalue weighted by Crippen LogP contribution is -2.09. The maximum absolute atomic E-state index is 8.67. The SMILES string of the molecule is Cc1nc2ccc(CN(C)C#N)cc2[nH]1. The molecule has 0 radical (unpaired) electrons. The first-order valence-corrected chi connectivity index (χ1v) is 4.75. The van der Waals surface area contributed by atoms with Crippen LogP contribution in [0.15, 0.2) is 18.2 Å². The molecule has 0 aliphatic carbocycles. The number of benzene rings is 1. The second-order valence-electron chi connectivity index (χ2n) is 3.63. The van der Waals surface area contributed by atoms with Crippen molar-refractivity contribution in [3.63, 3.8) is 0 Å². The van der Waals surface area contributed by atoms with Crippen LogP contribution in [0.3, 0.4) is 0 Å². The number of nitrogens with one attached hydrogen (secondary N) is 1. The van der Waals surface area contributed by atoms with Crippen molar-refractivity contribution < 1.29 is 0 Å². The summed E-state index contributed by atoms with van der Waals surface area (Å²) < 4.78 is 0. The summed E-state index contributed by atoms with van der Waals surface area (Å²) in [5.41, 5.74) is 3.10. The molecule has 4 heteroatoms. The van der Waals surface area contributed by atoms with Crippen molar-refractivity contribution in [2.45, 2.75) is 13.5 Å². The smallest absolute Gasteiger partial charge is 0.179 e. The maximum atomic E-state index is 8.67. The molecule has 0 unspecified atom stereocenters. The fourth-order valence-electron chi connectivity index (χ4n) is 1.59. The number of nitriles is 1. The Morgan fingerprint density at radius 2 is 2.33 bits per heavy atom. The Labute approximate surface area is 88.2 Å². The molecule has 0 saturated heterocycles. The van der Waals surface area contributed by atoms with Crippen molar-refractivity contribution in [2.24, 2.45) is 0 Å². The molecule has 0 amide bonds. The number of aromatic amines is 1. The van der Waals surface area contributed by atoms with Gasteiger partial charge in [0.05, 0.1) is 17.6 Å². The first kappa shape index (κ1) is 9.53. The fraction of sp³-hybridized carbons (Fsp3) is 0.273. The van der Waals surface area contributed by atoms with E-state index in [4.69, 9.17) is 5.26 Å². The zero-order chi connectivity index (χ0) is 10.8. The Morgan fingerprint density at radius 3 is 3.07 bits per heavy atom. The van der Waals surface area contributed by atoms with Crippen LogP contribution in [0.25, 0.3) is 11.0 Å². The Bertz CT molecular complexity index is 521. The molecule has 0 fully saturated rings. The molecule has 4 nitrogen and oxygen atoms in total. The third-order valence-electron chi connectivity index (χ3n) is 2.26. The molecule has 0 bridgehead atoms. The third-order valence-corrected chi connectivity index (χ3v) is 2.26. The van der Waals surface area contributed by atoms with Gasteiger partial charge in [0.2, 0.25) is 0 Å². The molecule has 2 rings (SSSR count). The molecule has 1 aromatic heterocycles. The van der Waals surface area contributed by atoms with Crippen LogP contribution in [0.1, 0.15) is 11.4 Å². The Hall–Kier alpha value is -2.02. The molecule has 15 heavy (non-hydrogen) atoms. The topological polar surface area (TPSA) is 55.7 Å². The number of aromatic nitrogens is 2. The van der Waals surface area contributed by atoms with Crippen LogP contribution < -0.4 is 0 Å². The van der Waals surface area contributed by atoms with Gasteiger partial charge in [0.1, 0.15) is 5.82 Å². The highest BCUT2D eigenvalue weighted by Gasteiger charge is 2.02. The van der Waals surface area contributed by atoms with Crippen LogP contribution in [0.5, 0.6) is 0 Å². The van der Waals surface area contributed by atoms with E-state index in [1.807, 2.05) is 25.1 Å². The lowest BCUT2D eigenvalue weighted by Gasteiger charge is -2.07. The van der Waals surface area contributed by atoms with E-state index in [1.54, 1.807) is 11.9 Å². The largest absolute Gasteiger partial charge is 0.342 e. The minimum atomic E-state index is 0.629. The zero-order valence-corrected chi connectivity index (χ0v) is 8.78. The average Bonchev–Trinajstić information content (AvgIpc) is 2.57. The number of imidazole rings is 1. The van der Waals surface area contributed by atoms with Gasteiger partial charge >= 0.3 is 0 Å². The molecule has 0 spiro atoms. The number of fused-ring (bicyclic) bond motifs is 1. The molecule has 2 aromatic rings. The first-order valence-electron chi connectivity index (χ1n) is 4.75. The van der Waals surface area contributed by atoms with Gasteiger partial charge in [-0.2, -0.15) is 5.26 Å². The Morgan fingerprint density at radius 1 is 1.53 bits per heavy atom. The molecular weight excluding hydrogens is 188 g/mol. The minimum Gasteiger partial charge on any atom is -0.342 e. The summed E-state index contributed by atoms with van der Waals surface area (Å²) in [7, 11) is 1.77. The number of hydrogen-bond donors (Lipinski definition) is 1. The second kappa shape index (κ2) is 3.62. The Balaban J connectivity index is 2.35. The van der Waals surface area contributed by atoms with E-state index in [0.29, 0.717) is 6.54 Å². The fourth-order valence-corrected chi connectivity index (χ4v) is 1.59. The van der Waals surface area contributed by atoms with E-state index in [0.717, 1.165) is 22.4 Å². The van der Waals surface area contributed by atoms with E-state index in [-0.39, 0.29) is 0 Å².